The Bertz CT molecular complexity index is 125. The Morgan fingerprint density at radius 2 is 2.00 bits per heavy atom. The summed E-state index contributed by atoms with van der Waals surface area (Å²) >= 11 is 0. The zero-order chi connectivity index (χ0) is 7.28. The molecule has 9 heavy (non-hydrogen) atoms. The molecular formula is C5H10BNO2. The van der Waals surface area contributed by atoms with Gasteiger partial charge < -0.3 is 10.0 Å². The molecule has 4 heteroatoms. The third-order valence-corrected chi connectivity index (χ3v) is 0.626. The number of nitrogens with zero attached hydrogens (tertiary/aromatic N) is 1. The van der Waals surface area contributed by atoms with Gasteiger partial charge in [0.15, 0.2) is 0 Å². The average molecular weight is 127 g/mol. The minimum absolute atomic E-state index is 0.553. The highest BCUT2D eigenvalue weighted by Crippen LogP contribution is 1.69. The van der Waals surface area contributed by atoms with E-state index in [-0.39, 0.29) is 0 Å². The average Bonchev–Trinajstić information content (AvgIpc) is 1.63. The standard InChI is InChI=1S/C5H10BNO2/c1-7(2)5-3-4-6(8)9/h8-9H,5H2,1-2H3. The lowest BCUT2D eigenvalue weighted by atomic mass is 9.94. The first-order chi connectivity index (χ1) is 4.13. The van der Waals surface area contributed by atoms with E-state index in [4.69, 9.17) is 10.0 Å². The van der Waals surface area contributed by atoms with Gasteiger partial charge in [0.1, 0.15) is 0 Å². The van der Waals surface area contributed by atoms with Crippen LogP contribution in [0.15, 0.2) is 0 Å². The molecule has 0 saturated carbocycles. The summed E-state index contributed by atoms with van der Waals surface area (Å²) in [5, 5.41) is 16.5. The molecule has 0 aromatic rings. The Balaban J connectivity index is 3.38. The molecular weight excluding hydrogens is 117 g/mol. The summed E-state index contributed by atoms with van der Waals surface area (Å²) in [6, 6.07) is 0. The number of hydrogen-bond donors (Lipinski definition) is 2. The first-order valence-electron chi connectivity index (χ1n) is 2.62. The van der Waals surface area contributed by atoms with Gasteiger partial charge in [-0.15, -0.1) is 0 Å². The zero-order valence-corrected chi connectivity index (χ0v) is 5.63. The Morgan fingerprint density at radius 3 is 2.33 bits per heavy atom. The van der Waals surface area contributed by atoms with Crippen LogP contribution in [0.5, 0.6) is 0 Å². The van der Waals surface area contributed by atoms with Crippen LogP contribution in [-0.4, -0.2) is 42.7 Å². The lowest BCUT2D eigenvalue weighted by Gasteiger charge is -2.00. The van der Waals surface area contributed by atoms with Gasteiger partial charge in [-0.3, -0.25) is 4.90 Å². The summed E-state index contributed by atoms with van der Waals surface area (Å²) in [6.45, 7) is 0.553. The fraction of sp³-hybridized carbons (Fsp3) is 0.600. The minimum Gasteiger partial charge on any atom is -0.416 e. The summed E-state index contributed by atoms with van der Waals surface area (Å²) in [5.41, 5.74) is 0. The van der Waals surface area contributed by atoms with Crippen LogP contribution in [0.3, 0.4) is 0 Å². The van der Waals surface area contributed by atoms with Gasteiger partial charge >= 0.3 is 7.12 Å². The van der Waals surface area contributed by atoms with Gasteiger partial charge in [0, 0.05) is 0 Å². The van der Waals surface area contributed by atoms with Crippen LogP contribution in [-0.2, 0) is 0 Å². The Labute approximate surface area is 55.4 Å². The van der Waals surface area contributed by atoms with E-state index in [1.165, 1.54) is 0 Å². The van der Waals surface area contributed by atoms with Gasteiger partial charge in [-0.05, 0) is 14.1 Å². The summed E-state index contributed by atoms with van der Waals surface area (Å²) in [4.78, 5) is 1.84. The predicted molar refractivity (Wildman–Crippen MR) is 36.5 cm³/mol. The second-order valence-corrected chi connectivity index (χ2v) is 1.93. The molecule has 0 aliphatic rings. The monoisotopic (exact) mass is 127 g/mol. The zero-order valence-electron chi connectivity index (χ0n) is 5.63. The maximum absolute atomic E-state index is 8.23. The van der Waals surface area contributed by atoms with Crippen molar-refractivity contribution in [2.75, 3.05) is 20.6 Å². The fourth-order valence-electron chi connectivity index (χ4n) is 0.295. The van der Waals surface area contributed by atoms with E-state index in [0.29, 0.717) is 6.54 Å². The fourth-order valence-corrected chi connectivity index (χ4v) is 0.295. The van der Waals surface area contributed by atoms with Gasteiger partial charge in [0.25, 0.3) is 0 Å². The lowest BCUT2D eigenvalue weighted by molar-refractivity contribution is 0.427. The Morgan fingerprint density at radius 1 is 1.44 bits per heavy atom. The van der Waals surface area contributed by atoms with Crippen molar-refractivity contribution < 1.29 is 10.0 Å². The topological polar surface area (TPSA) is 43.7 Å². The number of hydrogen-bond acceptors (Lipinski definition) is 3. The van der Waals surface area contributed by atoms with Crippen molar-refractivity contribution in [2.45, 2.75) is 0 Å². The van der Waals surface area contributed by atoms with Gasteiger partial charge in [-0.2, -0.15) is 0 Å². The molecule has 0 fully saturated rings. The van der Waals surface area contributed by atoms with Crippen molar-refractivity contribution in [3.63, 3.8) is 0 Å². The van der Waals surface area contributed by atoms with E-state index >= 15 is 0 Å². The first kappa shape index (κ1) is 8.50. The Hall–Kier alpha value is -0.495. The highest BCUT2D eigenvalue weighted by atomic mass is 16.4. The molecule has 0 aromatic heterocycles. The third kappa shape index (κ3) is 7.50. The minimum atomic E-state index is -1.50. The van der Waals surface area contributed by atoms with Gasteiger partial charge in [-0.1, -0.05) is 11.7 Å². The molecule has 2 N–H and O–H groups in total. The normalized spacial score (nSPS) is 8.56. The molecule has 0 amide bonds. The maximum Gasteiger partial charge on any atom is 0.544 e. The van der Waals surface area contributed by atoms with Crippen LogP contribution in [0.2, 0.25) is 0 Å². The van der Waals surface area contributed by atoms with Crippen LogP contribution >= 0.6 is 0 Å². The van der Waals surface area contributed by atoms with E-state index < -0.39 is 7.12 Å². The van der Waals surface area contributed by atoms with E-state index in [0.717, 1.165) is 0 Å². The summed E-state index contributed by atoms with van der Waals surface area (Å²) < 4.78 is 0. The number of rotatable bonds is 1. The van der Waals surface area contributed by atoms with Crippen molar-refractivity contribution in [1.29, 1.82) is 0 Å². The van der Waals surface area contributed by atoms with Crippen LogP contribution < -0.4 is 0 Å². The molecule has 0 radical (unpaired) electrons. The summed E-state index contributed by atoms with van der Waals surface area (Å²) in [5.74, 6) is 4.76. The molecule has 0 rings (SSSR count). The van der Waals surface area contributed by atoms with Crippen LogP contribution in [0, 0.1) is 11.7 Å². The van der Waals surface area contributed by atoms with Gasteiger partial charge in [0.05, 0.1) is 6.54 Å². The highest BCUT2D eigenvalue weighted by molar-refractivity contribution is 6.51. The molecule has 0 aromatic carbocycles. The largest absolute Gasteiger partial charge is 0.544 e. The third-order valence-electron chi connectivity index (χ3n) is 0.626. The Kier molecular flexibility index (Phi) is 4.15. The highest BCUT2D eigenvalue weighted by Gasteiger charge is 1.96. The van der Waals surface area contributed by atoms with Gasteiger partial charge in [-0.25, -0.2) is 0 Å². The SMILES string of the molecule is CN(C)CC#CB(O)O. The lowest BCUT2D eigenvalue weighted by Crippen LogP contribution is -2.13. The molecule has 0 bridgehead atoms. The quantitative estimate of drug-likeness (QED) is 0.335. The van der Waals surface area contributed by atoms with Gasteiger partial charge in [0.2, 0.25) is 0 Å². The molecule has 50 valence electrons. The van der Waals surface area contributed by atoms with Crippen LogP contribution in [0.4, 0.5) is 0 Å². The summed E-state index contributed by atoms with van der Waals surface area (Å²) in [6.07, 6.45) is 0. The van der Waals surface area contributed by atoms with E-state index in [2.05, 4.69) is 11.7 Å². The molecule has 0 saturated heterocycles. The van der Waals surface area contributed by atoms with E-state index in [1.807, 2.05) is 19.0 Å². The smallest absolute Gasteiger partial charge is 0.416 e. The van der Waals surface area contributed by atoms with E-state index in [9.17, 15) is 0 Å². The molecule has 0 unspecified atom stereocenters. The molecule has 0 aliphatic carbocycles. The first-order valence-corrected chi connectivity index (χ1v) is 2.62. The van der Waals surface area contributed by atoms with Crippen molar-refractivity contribution >= 4 is 7.12 Å². The molecule has 0 heterocycles. The van der Waals surface area contributed by atoms with Crippen LogP contribution in [0.25, 0.3) is 0 Å². The molecule has 0 spiro atoms. The van der Waals surface area contributed by atoms with Crippen LogP contribution in [0.1, 0.15) is 0 Å². The molecule has 3 nitrogen and oxygen atoms in total. The van der Waals surface area contributed by atoms with Crippen molar-refractivity contribution in [1.82, 2.24) is 4.90 Å². The molecule has 0 atom stereocenters. The van der Waals surface area contributed by atoms with E-state index in [1.54, 1.807) is 0 Å². The maximum atomic E-state index is 8.23. The second kappa shape index (κ2) is 4.39. The van der Waals surface area contributed by atoms with Crippen molar-refractivity contribution in [3.8, 4) is 11.7 Å². The summed E-state index contributed by atoms with van der Waals surface area (Å²) in [7, 11) is 2.22. The predicted octanol–water partition coefficient (Wildman–Crippen LogP) is -1.44. The molecule has 0 aliphatic heterocycles. The van der Waals surface area contributed by atoms with Crippen molar-refractivity contribution in [2.24, 2.45) is 0 Å². The second-order valence-electron chi connectivity index (χ2n) is 1.93. The van der Waals surface area contributed by atoms with Crippen molar-refractivity contribution in [3.05, 3.63) is 0 Å².